The van der Waals surface area contributed by atoms with Crippen LogP contribution >= 0.6 is 0 Å². The average Bonchev–Trinajstić information content (AvgIpc) is 3.28. The van der Waals surface area contributed by atoms with Crippen LogP contribution in [0.4, 0.5) is 0 Å². The zero-order valence-electron chi connectivity index (χ0n) is 16.1. The third-order valence-electron chi connectivity index (χ3n) is 5.35. The molecule has 6 nitrogen and oxygen atoms in total. The van der Waals surface area contributed by atoms with Gasteiger partial charge in [-0.1, -0.05) is 24.3 Å². The molecule has 28 heavy (non-hydrogen) atoms. The van der Waals surface area contributed by atoms with Gasteiger partial charge in [0.25, 0.3) is 5.91 Å². The molecule has 1 fully saturated rings. The van der Waals surface area contributed by atoms with Crippen LogP contribution in [0, 0.1) is 0 Å². The Bertz CT molecular complexity index is 802. The van der Waals surface area contributed by atoms with Crippen LogP contribution in [0.3, 0.4) is 0 Å². The van der Waals surface area contributed by atoms with E-state index in [1.165, 1.54) is 18.4 Å². The van der Waals surface area contributed by atoms with Gasteiger partial charge in [0.05, 0.1) is 13.2 Å². The molecule has 2 aliphatic rings. The highest BCUT2D eigenvalue weighted by molar-refractivity contribution is 5.81. The van der Waals surface area contributed by atoms with Crippen molar-refractivity contribution in [1.82, 2.24) is 10.2 Å². The van der Waals surface area contributed by atoms with Gasteiger partial charge in [0.15, 0.2) is 11.5 Å². The van der Waals surface area contributed by atoms with Crippen molar-refractivity contribution < 1.29 is 19.0 Å². The number of methoxy groups -OCH3 is 1. The number of benzene rings is 2. The number of carbonyl (C=O) groups is 1. The Morgan fingerprint density at radius 2 is 1.86 bits per heavy atom. The molecule has 0 unspecified atom stereocenters. The lowest BCUT2D eigenvalue weighted by atomic mass is 10.0. The SMILES string of the molecule is COc1ccc([C@@H](CNC(=O)[C@H]2COc3ccccc3O2)N2CCCC2)cc1. The van der Waals surface area contributed by atoms with Gasteiger partial charge in [-0.2, -0.15) is 0 Å². The van der Waals surface area contributed by atoms with E-state index < -0.39 is 6.10 Å². The molecule has 148 valence electrons. The van der Waals surface area contributed by atoms with E-state index in [1.807, 2.05) is 36.4 Å². The predicted molar refractivity (Wildman–Crippen MR) is 106 cm³/mol. The van der Waals surface area contributed by atoms with Gasteiger partial charge >= 0.3 is 0 Å². The summed E-state index contributed by atoms with van der Waals surface area (Å²) >= 11 is 0. The Kier molecular flexibility index (Phi) is 5.67. The molecular weight excluding hydrogens is 356 g/mol. The number of nitrogens with zero attached hydrogens (tertiary/aromatic N) is 1. The molecule has 1 amide bonds. The number of fused-ring (bicyclic) bond motifs is 1. The first-order chi connectivity index (χ1) is 13.7. The molecule has 0 saturated carbocycles. The van der Waals surface area contributed by atoms with Crippen molar-refractivity contribution in [3.05, 3.63) is 54.1 Å². The van der Waals surface area contributed by atoms with Gasteiger partial charge in [0, 0.05) is 6.54 Å². The van der Waals surface area contributed by atoms with E-state index in [9.17, 15) is 4.79 Å². The smallest absolute Gasteiger partial charge is 0.264 e. The lowest BCUT2D eigenvalue weighted by Crippen LogP contribution is -2.46. The Morgan fingerprint density at radius 1 is 1.14 bits per heavy atom. The summed E-state index contributed by atoms with van der Waals surface area (Å²) in [6, 6.07) is 15.6. The topological polar surface area (TPSA) is 60.0 Å². The second-order valence-corrected chi connectivity index (χ2v) is 7.14. The minimum atomic E-state index is -0.634. The molecule has 2 aromatic carbocycles. The van der Waals surface area contributed by atoms with Crippen LogP contribution in [0.2, 0.25) is 0 Å². The number of rotatable bonds is 6. The molecule has 1 saturated heterocycles. The van der Waals surface area contributed by atoms with Crippen molar-refractivity contribution in [2.24, 2.45) is 0 Å². The molecule has 0 bridgehead atoms. The highest BCUT2D eigenvalue weighted by Gasteiger charge is 2.29. The van der Waals surface area contributed by atoms with E-state index in [1.54, 1.807) is 7.11 Å². The molecule has 0 radical (unpaired) electrons. The normalized spacial score (nSPS) is 19.8. The summed E-state index contributed by atoms with van der Waals surface area (Å²) in [6.45, 7) is 2.85. The zero-order valence-corrected chi connectivity index (χ0v) is 16.1. The molecular formula is C22H26N2O4. The molecule has 0 aliphatic carbocycles. The summed E-state index contributed by atoms with van der Waals surface area (Å²) in [5.74, 6) is 1.98. The summed E-state index contributed by atoms with van der Waals surface area (Å²) in [6.07, 6.45) is 1.75. The van der Waals surface area contributed by atoms with E-state index in [0.717, 1.165) is 18.8 Å². The number of carbonyl (C=O) groups excluding carboxylic acids is 1. The standard InChI is InChI=1S/C22H26N2O4/c1-26-17-10-8-16(9-11-17)18(24-12-4-5-13-24)14-23-22(25)21-15-27-19-6-2-3-7-20(19)28-21/h2-3,6-11,18,21H,4-5,12-15H2,1H3,(H,23,25)/t18-,21-/m1/s1. The number of hydrogen-bond acceptors (Lipinski definition) is 5. The zero-order chi connectivity index (χ0) is 19.3. The summed E-state index contributed by atoms with van der Waals surface area (Å²) in [5, 5.41) is 3.07. The van der Waals surface area contributed by atoms with Gasteiger partial charge in [0.1, 0.15) is 12.4 Å². The molecule has 6 heteroatoms. The Hall–Kier alpha value is -2.73. The largest absolute Gasteiger partial charge is 0.497 e. The molecule has 2 aromatic rings. The van der Waals surface area contributed by atoms with Crippen LogP contribution in [0.15, 0.2) is 48.5 Å². The minimum Gasteiger partial charge on any atom is -0.497 e. The average molecular weight is 382 g/mol. The van der Waals surface area contributed by atoms with Crippen LogP contribution in [0.5, 0.6) is 17.2 Å². The fraction of sp³-hybridized carbons (Fsp3) is 0.409. The quantitative estimate of drug-likeness (QED) is 0.833. The van der Waals surface area contributed by atoms with E-state index in [2.05, 4.69) is 22.3 Å². The maximum absolute atomic E-state index is 12.7. The fourth-order valence-electron chi connectivity index (χ4n) is 3.80. The number of amides is 1. The molecule has 2 atom stereocenters. The molecule has 2 aliphatic heterocycles. The third kappa shape index (κ3) is 4.07. The first kappa shape index (κ1) is 18.6. The van der Waals surface area contributed by atoms with Gasteiger partial charge in [0.2, 0.25) is 6.10 Å². The van der Waals surface area contributed by atoms with Crippen molar-refractivity contribution in [2.75, 3.05) is 33.4 Å². The Labute approximate surface area is 165 Å². The maximum atomic E-state index is 12.7. The number of ether oxygens (including phenoxy) is 3. The molecule has 1 N–H and O–H groups in total. The highest BCUT2D eigenvalue weighted by Crippen LogP contribution is 2.31. The van der Waals surface area contributed by atoms with Crippen LogP contribution in [-0.4, -0.2) is 50.3 Å². The lowest BCUT2D eigenvalue weighted by Gasteiger charge is -2.30. The van der Waals surface area contributed by atoms with Crippen molar-refractivity contribution in [3.63, 3.8) is 0 Å². The van der Waals surface area contributed by atoms with Crippen LogP contribution in [0.25, 0.3) is 0 Å². The second kappa shape index (κ2) is 8.52. The van der Waals surface area contributed by atoms with Crippen molar-refractivity contribution >= 4 is 5.91 Å². The molecule has 4 rings (SSSR count). The van der Waals surface area contributed by atoms with Gasteiger partial charge < -0.3 is 19.5 Å². The van der Waals surface area contributed by atoms with Crippen molar-refractivity contribution in [2.45, 2.75) is 25.0 Å². The number of likely N-dealkylation sites (tertiary alicyclic amines) is 1. The number of para-hydroxylation sites is 2. The van der Waals surface area contributed by atoms with Gasteiger partial charge in [-0.3, -0.25) is 9.69 Å². The maximum Gasteiger partial charge on any atom is 0.264 e. The summed E-state index contributed by atoms with van der Waals surface area (Å²) in [7, 11) is 1.66. The first-order valence-corrected chi connectivity index (χ1v) is 9.79. The summed E-state index contributed by atoms with van der Waals surface area (Å²) in [5.41, 5.74) is 1.18. The van der Waals surface area contributed by atoms with E-state index in [-0.39, 0.29) is 18.6 Å². The Morgan fingerprint density at radius 3 is 2.57 bits per heavy atom. The highest BCUT2D eigenvalue weighted by atomic mass is 16.6. The van der Waals surface area contributed by atoms with Gasteiger partial charge in [-0.25, -0.2) is 0 Å². The third-order valence-corrected chi connectivity index (χ3v) is 5.35. The van der Waals surface area contributed by atoms with Gasteiger partial charge in [-0.05, 0) is 55.8 Å². The second-order valence-electron chi connectivity index (χ2n) is 7.14. The Balaban J connectivity index is 1.41. The van der Waals surface area contributed by atoms with Crippen LogP contribution in [0.1, 0.15) is 24.4 Å². The van der Waals surface area contributed by atoms with Crippen LogP contribution < -0.4 is 19.5 Å². The van der Waals surface area contributed by atoms with Crippen LogP contribution in [-0.2, 0) is 4.79 Å². The predicted octanol–water partition coefficient (Wildman–Crippen LogP) is 2.79. The minimum absolute atomic E-state index is 0.133. The summed E-state index contributed by atoms with van der Waals surface area (Å²) < 4.78 is 16.8. The molecule has 0 spiro atoms. The number of hydrogen-bond donors (Lipinski definition) is 1. The van der Waals surface area contributed by atoms with E-state index in [0.29, 0.717) is 18.0 Å². The van der Waals surface area contributed by atoms with E-state index >= 15 is 0 Å². The van der Waals surface area contributed by atoms with Crippen molar-refractivity contribution in [3.8, 4) is 17.2 Å². The van der Waals surface area contributed by atoms with E-state index in [4.69, 9.17) is 14.2 Å². The fourth-order valence-corrected chi connectivity index (χ4v) is 3.80. The monoisotopic (exact) mass is 382 g/mol. The molecule has 2 heterocycles. The van der Waals surface area contributed by atoms with Crippen molar-refractivity contribution in [1.29, 1.82) is 0 Å². The molecule has 0 aromatic heterocycles. The lowest BCUT2D eigenvalue weighted by molar-refractivity contribution is -0.130. The van der Waals surface area contributed by atoms with Gasteiger partial charge in [-0.15, -0.1) is 0 Å². The number of nitrogens with one attached hydrogen (secondary N) is 1. The summed E-state index contributed by atoms with van der Waals surface area (Å²) in [4.78, 5) is 15.1. The first-order valence-electron chi connectivity index (χ1n) is 9.79.